The summed E-state index contributed by atoms with van der Waals surface area (Å²) in [5.41, 5.74) is 0. The Morgan fingerprint density at radius 3 is 2.44 bits per heavy atom. The van der Waals surface area contributed by atoms with Gasteiger partial charge in [0.2, 0.25) is 5.91 Å². The predicted octanol–water partition coefficient (Wildman–Crippen LogP) is 1.09. The number of hydrogen-bond donors (Lipinski definition) is 2. The number of carboxylic acids is 1. The number of hydrogen-bond acceptors (Lipinski definition) is 3. The SMILES string of the molecule is CC(=O)NC(CN(C)CC1CCCCC1)C(=O)O. The van der Waals surface area contributed by atoms with Gasteiger partial charge in [0.15, 0.2) is 0 Å². The molecule has 1 atom stereocenters. The minimum atomic E-state index is -0.972. The van der Waals surface area contributed by atoms with Crippen molar-refractivity contribution in [2.75, 3.05) is 20.1 Å². The molecule has 0 spiro atoms. The van der Waals surface area contributed by atoms with Gasteiger partial charge in [0.25, 0.3) is 0 Å². The number of likely N-dealkylation sites (N-methyl/N-ethyl adjacent to an activating group) is 1. The Kier molecular flexibility index (Phi) is 6.12. The molecule has 0 bridgehead atoms. The van der Waals surface area contributed by atoms with E-state index in [1.807, 2.05) is 11.9 Å². The van der Waals surface area contributed by atoms with Crippen molar-refractivity contribution < 1.29 is 14.7 Å². The highest BCUT2D eigenvalue weighted by Crippen LogP contribution is 2.24. The van der Waals surface area contributed by atoms with Gasteiger partial charge in [-0.3, -0.25) is 4.79 Å². The van der Waals surface area contributed by atoms with Crippen LogP contribution in [0.25, 0.3) is 0 Å². The molecule has 0 aromatic heterocycles. The van der Waals surface area contributed by atoms with Crippen LogP contribution in [0.15, 0.2) is 0 Å². The predicted molar refractivity (Wildman–Crippen MR) is 69.3 cm³/mol. The van der Waals surface area contributed by atoms with Gasteiger partial charge in [-0.25, -0.2) is 4.79 Å². The van der Waals surface area contributed by atoms with Crippen molar-refractivity contribution >= 4 is 11.9 Å². The van der Waals surface area contributed by atoms with E-state index in [4.69, 9.17) is 5.11 Å². The van der Waals surface area contributed by atoms with Crippen LogP contribution in [-0.4, -0.2) is 48.1 Å². The van der Waals surface area contributed by atoms with Crippen molar-refractivity contribution in [3.8, 4) is 0 Å². The first-order valence-electron chi connectivity index (χ1n) is 6.67. The van der Waals surface area contributed by atoms with Crippen LogP contribution in [-0.2, 0) is 9.59 Å². The first-order valence-corrected chi connectivity index (χ1v) is 6.67. The normalized spacial score (nSPS) is 18.6. The fourth-order valence-corrected chi connectivity index (χ4v) is 2.63. The lowest BCUT2D eigenvalue weighted by atomic mass is 9.89. The van der Waals surface area contributed by atoms with Crippen molar-refractivity contribution in [2.45, 2.75) is 45.1 Å². The monoisotopic (exact) mass is 256 g/mol. The Bertz CT molecular complexity index is 288. The van der Waals surface area contributed by atoms with E-state index < -0.39 is 12.0 Å². The molecule has 1 amide bonds. The Morgan fingerprint density at radius 1 is 1.33 bits per heavy atom. The van der Waals surface area contributed by atoms with Gasteiger partial charge in [-0.05, 0) is 25.8 Å². The van der Waals surface area contributed by atoms with Gasteiger partial charge in [-0.15, -0.1) is 0 Å². The second-order valence-electron chi connectivity index (χ2n) is 5.32. The van der Waals surface area contributed by atoms with E-state index in [1.54, 1.807) is 0 Å². The van der Waals surface area contributed by atoms with Gasteiger partial charge < -0.3 is 15.3 Å². The van der Waals surface area contributed by atoms with E-state index in [0.29, 0.717) is 12.5 Å². The van der Waals surface area contributed by atoms with E-state index in [9.17, 15) is 9.59 Å². The number of carbonyl (C=O) groups excluding carboxylic acids is 1. The fraction of sp³-hybridized carbons (Fsp3) is 0.846. The summed E-state index contributed by atoms with van der Waals surface area (Å²) in [6.07, 6.45) is 6.37. The molecule has 5 nitrogen and oxygen atoms in total. The van der Waals surface area contributed by atoms with Crippen LogP contribution in [0.4, 0.5) is 0 Å². The number of carbonyl (C=O) groups is 2. The van der Waals surface area contributed by atoms with Gasteiger partial charge in [0.1, 0.15) is 6.04 Å². The maximum Gasteiger partial charge on any atom is 0.327 e. The summed E-state index contributed by atoms with van der Waals surface area (Å²) in [6, 6.07) is -0.809. The molecule has 5 heteroatoms. The second-order valence-corrected chi connectivity index (χ2v) is 5.32. The van der Waals surface area contributed by atoms with Crippen LogP contribution in [0.2, 0.25) is 0 Å². The molecule has 0 radical (unpaired) electrons. The summed E-state index contributed by atoms with van der Waals surface area (Å²) in [6.45, 7) is 2.63. The Balaban J connectivity index is 2.37. The third kappa shape index (κ3) is 5.49. The standard InChI is InChI=1S/C13H24N2O3/c1-10(16)14-12(13(17)18)9-15(2)8-11-6-4-3-5-7-11/h11-12H,3-9H2,1-2H3,(H,14,16)(H,17,18). The second kappa shape index (κ2) is 7.36. The number of nitrogens with one attached hydrogen (secondary N) is 1. The summed E-state index contributed by atoms with van der Waals surface area (Å²) in [4.78, 5) is 24.0. The van der Waals surface area contributed by atoms with Crippen molar-refractivity contribution in [2.24, 2.45) is 5.92 Å². The molecule has 1 saturated carbocycles. The number of aliphatic carboxylic acids is 1. The van der Waals surface area contributed by atoms with E-state index in [-0.39, 0.29) is 5.91 Å². The van der Waals surface area contributed by atoms with E-state index in [0.717, 1.165) is 6.54 Å². The zero-order valence-corrected chi connectivity index (χ0v) is 11.3. The topological polar surface area (TPSA) is 69.6 Å². The molecule has 1 unspecified atom stereocenters. The lowest BCUT2D eigenvalue weighted by molar-refractivity contribution is -0.142. The zero-order chi connectivity index (χ0) is 13.5. The Hall–Kier alpha value is -1.10. The molecule has 0 saturated heterocycles. The maximum atomic E-state index is 11.0. The Labute approximate surface area is 109 Å². The average Bonchev–Trinajstić information content (AvgIpc) is 2.28. The third-order valence-corrected chi connectivity index (χ3v) is 3.46. The Morgan fingerprint density at radius 2 is 1.94 bits per heavy atom. The summed E-state index contributed by atoms with van der Waals surface area (Å²) < 4.78 is 0. The van der Waals surface area contributed by atoms with Crippen molar-refractivity contribution in [3.63, 3.8) is 0 Å². The first-order chi connectivity index (χ1) is 8.49. The minimum absolute atomic E-state index is 0.298. The molecule has 1 aliphatic rings. The smallest absolute Gasteiger partial charge is 0.327 e. The molecule has 104 valence electrons. The van der Waals surface area contributed by atoms with Gasteiger partial charge in [0, 0.05) is 20.0 Å². The highest BCUT2D eigenvalue weighted by molar-refractivity contribution is 5.82. The van der Waals surface area contributed by atoms with Gasteiger partial charge in [0.05, 0.1) is 0 Å². The largest absolute Gasteiger partial charge is 0.480 e. The van der Waals surface area contributed by atoms with E-state index in [1.165, 1.54) is 39.0 Å². The molecule has 1 aliphatic carbocycles. The number of amides is 1. The molecule has 1 rings (SSSR count). The van der Waals surface area contributed by atoms with Crippen LogP contribution >= 0.6 is 0 Å². The van der Waals surface area contributed by atoms with Crippen LogP contribution in [0.5, 0.6) is 0 Å². The zero-order valence-electron chi connectivity index (χ0n) is 11.3. The molecule has 0 heterocycles. The molecular formula is C13H24N2O3. The minimum Gasteiger partial charge on any atom is -0.480 e. The highest BCUT2D eigenvalue weighted by atomic mass is 16.4. The molecule has 2 N–H and O–H groups in total. The fourth-order valence-electron chi connectivity index (χ4n) is 2.63. The third-order valence-electron chi connectivity index (χ3n) is 3.46. The molecule has 1 fully saturated rings. The molecule has 0 aromatic carbocycles. The van der Waals surface area contributed by atoms with Crippen molar-refractivity contribution in [1.29, 1.82) is 0 Å². The van der Waals surface area contributed by atoms with Crippen LogP contribution in [0.3, 0.4) is 0 Å². The van der Waals surface area contributed by atoms with Gasteiger partial charge in [-0.2, -0.15) is 0 Å². The van der Waals surface area contributed by atoms with Crippen LogP contribution in [0, 0.1) is 5.92 Å². The molecule has 0 aliphatic heterocycles. The lowest BCUT2D eigenvalue weighted by Gasteiger charge is -2.28. The number of nitrogens with zero attached hydrogens (tertiary/aromatic N) is 1. The number of carboxylic acid groups (broad SMARTS) is 1. The summed E-state index contributed by atoms with van der Waals surface area (Å²) >= 11 is 0. The van der Waals surface area contributed by atoms with Crippen molar-refractivity contribution in [1.82, 2.24) is 10.2 Å². The molecule has 0 aromatic rings. The maximum absolute atomic E-state index is 11.0. The quantitative estimate of drug-likeness (QED) is 0.746. The van der Waals surface area contributed by atoms with Gasteiger partial charge >= 0.3 is 5.97 Å². The van der Waals surface area contributed by atoms with E-state index in [2.05, 4.69) is 5.32 Å². The van der Waals surface area contributed by atoms with Crippen molar-refractivity contribution in [3.05, 3.63) is 0 Å². The van der Waals surface area contributed by atoms with Gasteiger partial charge in [-0.1, -0.05) is 19.3 Å². The lowest BCUT2D eigenvalue weighted by Crippen LogP contribution is -2.47. The molecular weight excluding hydrogens is 232 g/mol. The first kappa shape index (κ1) is 15.0. The van der Waals surface area contributed by atoms with Crippen LogP contribution in [0.1, 0.15) is 39.0 Å². The number of rotatable bonds is 6. The summed E-state index contributed by atoms with van der Waals surface area (Å²) in [5.74, 6) is -0.593. The van der Waals surface area contributed by atoms with Crippen LogP contribution < -0.4 is 5.32 Å². The average molecular weight is 256 g/mol. The summed E-state index contributed by atoms with van der Waals surface area (Å²) in [5, 5.41) is 11.5. The van der Waals surface area contributed by atoms with E-state index >= 15 is 0 Å². The summed E-state index contributed by atoms with van der Waals surface area (Å²) in [7, 11) is 1.92. The highest BCUT2D eigenvalue weighted by Gasteiger charge is 2.22. The molecule has 18 heavy (non-hydrogen) atoms.